The summed E-state index contributed by atoms with van der Waals surface area (Å²) in [5.41, 5.74) is 0.504. The fourth-order valence-electron chi connectivity index (χ4n) is 3.90. The number of rotatable bonds is 5. The molecule has 1 saturated heterocycles. The van der Waals surface area contributed by atoms with Crippen LogP contribution in [0.2, 0.25) is 0 Å². The average molecular weight is 286 g/mol. The Morgan fingerprint density at radius 1 is 0.850 bits per heavy atom. The van der Waals surface area contributed by atoms with Gasteiger partial charge in [-0.25, -0.2) is 0 Å². The van der Waals surface area contributed by atoms with E-state index in [1.54, 1.807) is 0 Å². The van der Waals surface area contributed by atoms with Gasteiger partial charge in [-0.3, -0.25) is 0 Å². The normalized spacial score (nSPS) is 23.9. The van der Waals surface area contributed by atoms with Crippen LogP contribution >= 0.6 is 0 Å². The third-order valence-corrected chi connectivity index (χ3v) is 4.72. The maximum atomic E-state index is 3.80. The number of nitrogens with one attached hydrogen (secondary N) is 1. The molecule has 3 nitrogen and oxygen atoms in total. The van der Waals surface area contributed by atoms with E-state index in [0.717, 1.165) is 15.0 Å². The molecule has 0 spiro atoms. The maximum absolute atomic E-state index is 3.80. The molecule has 1 N–H and O–H groups in total. The lowest BCUT2D eigenvalue weighted by atomic mass is 9.78. The van der Waals surface area contributed by atoms with Crippen LogP contribution in [0.4, 0.5) is 0 Å². The third-order valence-electron chi connectivity index (χ3n) is 4.72. The Morgan fingerprint density at radius 2 is 1.30 bits per heavy atom. The monoisotopic (exact) mass is 285 g/mol. The second kappa shape index (κ2) is 5.58. The van der Waals surface area contributed by atoms with Gasteiger partial charge in [-0.1, -0.05) is 0 Å². The lowest BCUT2D eigenvalue weighted by molar-refractivity contribution is -0.924. The molecule has 3 heteroatoms. The van der Waals surface area contributed by atoms with Gasteiger partial charge in [0.15, 0.2) is 0 Å². The summed E-state index contributed by atoms with van der Waals surface area (Å²) in [5, 5.41) is 3.80. The van der Waals surface area contributed by atoms with Crippen molar-refractivity contribution in [2.75, 3.05) is 48.3 Å². The molecule has 0 saturated carbocycles. The van der Waals surface area contributed by atoms with Crippen molar-refractivity contribution in [3.05, 3.63) is 0 Å². The topological polar surface area (TPSA) is 12.0 Å². The average Bonchev–Trinajstić information content (AvgIpc) is 2.09. The van der Waals surface area contributed by atoms with Crippen LogP contribution in [0, 0.1) is 0 Å². The van der Waals surface area contributed by atoms with Gasteiger partial charge in [0.1, 0.15) is 0 Å². The molecule has 120 valence electrons. The van der Waals surface area contributed by atoms with Crippen LogP contribution in [0.15, 0.2) is 0 Å². The molecule has 0 atom stereocenters. The molecule has 0 aromatic carbocycles. The third kappa shape index (κ3) is 5.71. The van der Waals surface area contributed by atoms with E-state index in [2.05, 4.69) is 68.3 Å². The molecule has 0 aliphatic carbocycles. The van der Waals surface area contributed by atoms with E-state index in [0.29, 0.717) is 0 Å². The minimum Gasteiger partial charge on any atom is -0.331 e. The van der Waals surface area contributed by atoms with Crippen LogP contribution in [0.5, 0.6) is 0 Å². The lowest BCUT2D eigenvalue weighted by Crippen LogP contribution is -2.65. The van der Waals surface area contributed by atoms with E-state index < -0.39 is 0 Å². The highest BCUT2D eigenvalue weighted by atomic mass is 15.4. The fraction of sp³-hybridized carbons (Fsp3) is 1.00. The molecule has 1 heterocycles. The van der Waals surface area contributed by atoms with Gasteiger partial charge in [0.2, 0.25) is 0 Å². The van der Waals surface area contributed by atoms with Crippen LogP contribution in [-0.2, 0) is 0 Å². The minimum absolute atomic E-state index is 0.252. The predicted octanol–water partition coefficient (Wildman–Crippen LogP) is 2.47. The zero-order valence-corrected chi connectivity index (χ0v) is 15.5. The molecule has 0 bridgehead atoms. The van der Waals surface area contributed by atoms with Gasteiger partial charge in [-0.05, 0) is 27.7 Å². The molecule has 20 heavy (non-hydrogen) atoms. The van der Waals surface area contributed by atoms with Gasteiger partial charge in [0.25, 0.3) is 0 Å². The van der Waals surface area contributed by atoms with Gasteiger partial charge in [-0.2, -0.15) is 0 Å². The predicted molar refractivity (Wildman–Crippen MR) is 88.8 cm³/mol. The van der Waals surface area contributed by atoms with Crippen molar-refractivity contribution in [3.8, 4) is 0 Å². The first-order valence-corrected chi connectivity index (χ1v) is 8.15. The minimum atomic E-state index is 0.252. The number of hydrogen-bond acceptors (Lipinski definition) is 1. The van der Waals surface area contributed by atoms with E-state index in [9.17, 15) is 0 Å². The van der Waals surface area contributed by atoms with Crippen LogP contribution in [0.3, 0.4) is 0 Å². The number of quaternary nitrogens is 2. The first-order valence-electron chi connectivity index (χ1n) is 8.15. The summed E-state index contributed by atoms with van der Waals surface area (Å²) in [7, 11) is 11.7. The zero-order valence-electron chi connectivity index (χ0n) is 15.5. The Balaban J connectivity index is 2.66. The first-order chi connectivity index (χ1) is 8.73. The van der Waals surface area contributed by atoms with E-state index in [4.69, 9.17) is 0 Å². The highest BCUT2D eigenvalue weighted by molar-refractivity contribution is 4.97. The van der Waals surface area contributed by atoms with Gasteiger partial charge < -0.3 is 14.3 Å². The molecule has 1 fully saturated rings. The van der Waals surface area contributed by atoms with Crippen molar-refractivity contribution in [1.82, 2.24) is 5.32 Å². The smallest absolute Gasteiger partial charge is 0.0921 e. The summed E-state index contributed by atoms with van der Waals surface area (Å²) >= 11 is 0. The Hall–Kier alpha value is -0.120. The summed E-state index contributed by atoms with van der Waals surface area (Å²) in [6.45, 7) is 12.0. The molecule has 0 unspecified atom stereocenters. The summed E-state index contributed by atoms with van der Waals surface area (Å²) in [5.74, 6) is 0. The summed E-state index contributed by atoms with van der Waals surface area (Å²) in [6, 6.07) is 0.758. The Labute approximate surface area is 127 Å². The molecule has 1 aliphatic rings. The maximum Gasteiger partial charge on any atom is 0.0921 e. The summed E-state index contributed by atoms with van der Waals surface area (Å²) < 4.78 is 2.23. The van der Waals surface area contributed by atoms with Crippen LogP contribution in [-0.4, -0.2) is 74.4 Å². The number of nitrogens with zero attached hydrogens (tertiary/aromatic N) is 2. The van der Waals surface area contributed by atoms with Crippen molar-refractivity contribution in [1.29, 1.82) is 0 Å². The van der Waals surface area contributed by atoms with Crippen molar-refractivity contribution in [2.45, 2.75) is 64.1 Å². The van der Waals surface area contributed by atoms with Crippen LogP contribution in [0.25, 0.3) is 0 Å². The second-order valence-electron chi connectivity index (χ2n) is 9.82. The first kappa shape index (κ1) is 17.9. The fourth-order valence-corrected chi connectivity index (χ4v) is 3.90. The van der Waals surface area contributed by atoms with Crippen LogP contribution in [0.1, 0.15) is 47.0 Å². The van der Waals surface area contributed by atoms with Gasteiger partial charge in [0.05, 0.1) is 54.4 Å². The lowest BCUT2D eigenvalue weighted by Gasteiger charge is -2.51. The quantitative estimate of drug-likeness (QED) is 0.765. The SMILES string of the molecule is CC1(C)CC([N+](C)(C)CCC[N+](C)(C)C)CC(C)(C)N1. The van der Waals surface area contributed by atoms with Crippen molar-refractivity contribution < 1.29 is 8.97 Å². The van der Waals surface area contributed by atoms with Crippen molar-refractivity contribution in [2.24, 2.45) is 0 Å². The molecule has 0 radical (unpaired) electrons. The Morgan fingerprint density at radius 3 is 1.70 bits per heavy atom. The Kier molecular flexibility index (Phi) is 5.01. The molecule has 1 rings (SSSR count). The van der Waals surface area contributed by atoms with E-state index in [-0.39, 0.29) is 11.1 Å². The zero-order chi connectivity index (χ0) is 15.8. The Bertz CT molecular complexity index is 308. The molecular formula is C17H39N3+2. The van der Waals surface area contributed by atoms with E-state index in [1.807, 2.05) is 0 Å². The second-order valence-corrected chi connectivity index (χ2v) is 9.82. The molecular weight excluding hydrogens is 246 g/mol. The number of piperidine rings is 1. The van der Waals surface area contributed by atoms with E-state index in [1.165, 1.54) is 32.4 Å². The molecule has 0 aromatic heterocycles. The van der Waals surface area contributed by atoms with Gasteiger partial charge >= 0.3 is 0 Å². The molecule has 1 aliphatic heterocycles. The van der Waals surface area contributed by atoms with Crippen molar-refractivity contribution in [3.63, 3.8) is 0 Å². The standard InChI is InChI=1S/C17H39N3/c1-16(2)13-15(14-17(3,4)18-16)20(8,9)12-10-11-19(5,6)7/h15,18H,10-14H2,1-9H3/q+2. The highest BCUT2D eigenvalue weighted by Gasteiger charge is 2.44. The summed E-state index contributed by atoms with van der Waals surface area (Å²) in [6.07, 6.45) is 3.85. The number of hydrogen-bond donors (Lipinski definition) is 1. The van der Waals surface area contributed by atoms with Crippen LogP contribution < -0.4 is 5.32 Å². The van der Waals surface area contributed by atoms with Crippen molar-refractivity contribution >= 4 is 0 Å². The van der Waals surface area contributed by atoms with Gasteiger partial charge in [-0.15, -0.1) is 0 Å². The summed E-state index contributed by atoms with van der Waals surface area (Å²) in [4.78, 5) is 0. The molecule has 0 amide bonds. The van der Waals surface area contributed by atoms with E-state index >= 15 is 0 Å². The molecule has 0 aromatic rings. The van der Waals surface area contributed by atoms with Gasteiger partial charge in [0, 0.05) is 30.3 Å². The highest BCUT2D eigenvalue weighted by Crippen LogP contribution is 2.33. The largest absolute Gasteiger partial charge is 0.331 e.